The Morgan fingerprint density at radius 1 is 0.700 bits per heavy atom. The number of hydrogen-bond acceptors (Lipinski definition) is 11. The van der Waals surface area contributed by atoms with E-state index in [1.54, 1.807) is 69.9 Å². The Morgan fingerprint density at radius 3 is 1.64 bits per heavy atom. The monoisotopic (exact) mass is 684 g/mol. The second-order valence-corrected chi connectivity index (χ2v) is 11.3. The average Bonchev–Trinajstić information content (AvgIpc) is 3.15. The zero-order valence-electron chi connectivity index (χ0n) is 27.7. The molecule has 0 N–H and O–H groups in total. The number of carbonyl (C=O) groups excluding carboxylic acids is 3. The van der Waals surface area contributed by atoms with Crippen LogP contribution in [0.25, 0.3) is 0 Å². The summed E-state index contributed by atoms with van der Waals surface area (Å²) in [6.07, 6.45) is -0.956. The SMILES string of the molecule is COc1ccc(COC(=O)C2C(CCOC(=O)OCc3ccc([N+](=O)[O-])cc3)C(=O)N2C(c2ccc(OC)cc2)c2ccc(OC)cc2)cc1. The Labute approximate surface area is 288 Å². The first-order chi connectivity index (χ1) is 24.2. The molecule has 13 heteroatoms. The molecule has 2 unspecified atom stereocenters. The van der Waals surface area contributed by atoms with Crippen molar-refractivity contribution >= 4 is 23.7 Å². The summed E-state index contributed by atoms with van der Waals surface area (Å²) in [5.74, 6) is 0.129. The fraction of sp³-hybridized carbons (Fsp3) is 0.270. The molecule has 0 aliphatic carbocycles. The van der Waals surface area contributed by atoms with Crippen molar-refractivity contribution < 1.29 is 47.7 Å². The summed E-state index contributed by atoms with van der Waals surface area (Å²) in [6, 6.07) is 25.4. The van der Waals surface area contributed by atoms with Crippen molar-refractivity contribution in [3.8, 4) is 17.2 Å². The Balaban J connectivity index is 1.33. The number of esters is 1. The van der Waals surface area contributed by atoms with Crippen LogP contribution in [0.15, 0.2) is 97.1 Å². The van der Waals surface area contributed by atoms with Crippen molar-refractivity contribution in [2.24, 2.45) is 5.92 Å². The maximum atomic E-state index is 14.0. The summed E-state index contributed by atoms with van der Waals surface area (Å²) < 4.78 is 32.0. The quantitative estimate of drug-likeness (QED) is 0.0625. The van der Waals surface area contributed by atoms with Crippen LogP contribution in [0.2, 0.25) is 0 Å². The summed E-state index contributed by atoms with van der Waals surface area (Å²) in [4.78, 5) is 52.0. The number of likely N-dealkylation sites (tertiary alicyclic amines) is 1. The fourth-order valence-electron chi connectivity index (χ4n) is 5.64. The van der Waals surface area contributed by atoms with Gasteiger partial charge in [-0.1, -0.05) is 36.4 Å². The molecule has 5 rings (SSSR count). The van der Waals surface area contributed by atoms with E-state index in [4.69, 9.17) is 28.4 Å². The van der Waals surface area contributed by atoms with Crippen LogP contribution in [-0.2, 0) is 37.0 Å². The molecule has 1 saturated heterocycles. The van der Waals surface area contributed by atoms with Gasteiger partial charge >= 0.3 is 12.1 Å². The number of rotatable bonds is 15. The van der Waals surface area contributed by atoms with Crippen molar-refractivity contribution in [3.63, 3.8) is 0 Å². The van der Waals surface area contributed by atoms with Crippen molar-refractivity contribution in [2.75, 3.05) is 27.9 Å². The van der Waals surface area contributed by atoms with E-state index in [9.17, 15) is 24.5 Å². The average molecular weight is 685 g/mol. The van der Waals surface area contributed by atoms with E-state index in [-0.39, 0.29) is 37.8 Å². The second kappa shape index (κ2) is 16.3. The van der Waals surface area contributed by atoms with Crippen LogP contribution in [0, 0.1) is 16.0 Å². The molecule has 260 valence electrons. The largest absolute Gasteiger partial charge is 0.508 e. The lowest BCUT2D eigenvalue weighted by Crippen LogP contribution is -2.65. The number of carbonyl (C=O) groups is 3. The molecule has 0 spiro atoms. The molecular formula is C37H36N2O11. The highest BCUT2D eigenvalue weighted by Crippen LogP contribution is 2.42. The van der Waals surface area contributed by atoms with E-state index >= 15 is 0 Å². The number of benzene rings is 4. The van der Waals surface area contributed by atoms with Crippen LogP contribution in [0.4, 0.5) is 10.5 Å². The molecule has 13 nitrogen and oxygen atoms in total. The van der Waals surface area contributed by atoms with Crippen molar-refractivity contribution in [1.29, 1.82) is 0 Å². The molecular weight excluding hydrogens is 648 g/mol. The number of nitro groups is 1. The van der Waals surface area contributed by atoms with E-state index < -0.39 is 35.0 Å². The molecule has 4 aromatic carbocycles. The number of non-ortho nitro benzene ring substituents is 1. The van der Waals surface area contributed by atoms with Crippen LogP contribution in [0.3, 0.4) is 0 Å². The van der Waals surface area contributed by atoms with Gasteiger partial charge in [0, 0.05) is 12.1 Å². The van der Waals surface area contributed by atoms with Crippen LogP contribution in [0.5, 0.6) is 17.2 Å². The van der Waals surface area contributed by atoms with Gasteiger partial charge in [0.2, 0.25) is 5.91 Å². The maximum Gasteiger partial charge on any atom is 0.508 e. The lowest BCUT2D eigenvalue weighted by molar-refractivity contribution is -0.384. The van der Waals surface area contributed by atoms with Gasteiger partial charge in [0.05, 0.1) is 44.8 Å². The summed E-state index contributed by atoms with van der Waals surface area (Å²) in [6.45, 7) is -0.407. The van der Waals surface area contributed by atoms with Gasteiger partial charge in [-0.15, -0.1) is 0 Å². The Bertz CT molecular complexity index is 1730. The van der Waals surface area contributed by atoms with Crippen molar-refractivity contribution in [3.05, 3.63) is 129 Å². The molecule has 4 aromatic rings. The van der Waals surface area contributed by atoms with Crippen LogP contribution in [-0.4, -0.2) is 61.8 Å². The normalized spacial score (nSPS) is 15.1. The maximum absolute atomic E-state index is 14.0. The van der Waals surface area contributed by atoms with E-state index in [0.29, 0.717) is 22.8 Å². The first kappa shape index (κ1) is 35.2. The van der Waals surface area contributed by atoms with Gasteiger partial charge in [-0.05, 0) is 77.2 Å². The summed E-state index contributed by atoms with van der Waals surface area (Å²) in [5.41, 5.74) is 2.64. The molecule has 1 amide bonds. The third-order valence-corrected chi connectivity index (χ3v) is 8.33. The number of hydrogen-bond donors (Lipinski definition) is 0. The standard InChI is InChI=1S/C37H36N2O11/c1-45-29-14-6-25(7-15-29)22-49-36(41)34-32(20-21-48-37(42)50-23-24-4-12-28(13-5-24)39(43)44)35(40)38(34)33(26-8-16-30(46-2)17-9-26)27-10-18-31(47-3)19-11-27/h4-19,32-34H,20-23H2,1-3H3. The van der Waals surface area contributed by atoms with Gasteiger partial charge in [0.15, 0.2) is 0 Å². The third-order valence-electron chi connectivity index (χ3n) is 8.33. The van der Waals surface area contributed by atoms with Gasteiger partial charge < -0.3 is 33.3 Å². The number of methoxy groups -OCH3 is 3. The second-order valence-electron chi connectivity index (χ2n) is 11.3. The summed E-state index contributed by atoms with van der Waals surface area (Å²) >= 11 is 0. The Kier molecular flexibility index (Phi) is 11.5. The molecule has 1 aliphatic rings. The van der Waals surface area contributed by atoms with E-state index in [0.717, 1.165) is 16.7 Å². The minimum Gasteiger partial charge on any atom is -0.497 e. The molecule has 0 bridgehead atoms. The highest BCUT2D eigenvalue weighted by molar-refractivity contribution is 5.98. The smallest absolute Gasteiger partial charge is 0.497 e. The minimum atomic E-state index is -1.00. The molecule has 2 atom stereocenters. The first-order valence-electron chi connectivity index (χ1n) is 15.6. The van der Waals surface area contributed by atoms with E-state index in [2.05, 4.69) is 0 Å². The Morgan fingerprint density at radius 2 is 1.16 bits per heavy atom. The molecule has 1 aliphatic heterocycles. The van der Waals surface area contributed by atoms with Crippen LogP contribution < -0.4 is 14.2 Å². The third kappa shape index (κ3) is 8.29. The number of amides is 1. The predicted molar refractivity (Wildman–Crippen MR) is 179 cm³/mol. The zero-order valence-corrected chi connectivity index (χ0v) is 27.7. The first-order valence-corrected chi connectivity index (χ1v) is 15.6. The topological polar surface area (TPSA) is 153 Å². The van der Waals surface area contributed by atoms with Gasteiger partial charge in [0.1, 0.15) is 36.5 Å². The van der Waals surface area contributed by atoms with E-state index in [1.165, 1.54) is 29.2 Å². The zero-order chi connectivity index (χ0) is 35.6. The molecule has 0 saturated carbocycles. The summed E-state index contributed by atoms with van der Waals surface area (Å²) in [5, 5.41) is 10.9. The highest BCUT2D eigenvalue weighted by atomic mass is 16.7. The number of nitrogens with zero attached hydrogens (tertiary/aromatic N) is 2. The summed E-state index contributed by atoms with van der Waals surface area (Å²) in [7, 11) is 4.67. The van der Waals surface area contributed by atoms with Gasteiger partial charge in [-0.25, -0.2) is 9.59 Å². The minimum absolute atomic E-state index is 0.0300. The lowest BCUT2D eigenvalue weighted by Gasteiger charge is -2.49. The number of nitro benzene ring substituents is 1. The van der Waals surface area contributed by atoms with E-state index in [1.807, 2.05) is 24.3 Å². The Hall–Kier alpha value is -6.11. The predicted octanol–water partition coefficient (Wildman–Crippen LogP) is 6.02. The molecule has 50 heavy (non-hydrogen) atoms. The fourth-order valence-corrected chi connectivity index (χ4v) is 5.64. The van der Waals surface area contributed by atoms with Crippen LogP contribution in [0.1, 0.15) is 34.7 Å². The van der Waals surface area contributed by atoms with Gasteiger partial charge in [-0.2, -0.15) is 0 Å². The van der Waals surface area contributed by atoms with Gasteiger partial charge in [-0.3, -0.25) is 14.9 Å². The number of ether oxygens (including phenoxy) is 6. The highest BCUT2D eigenvalue weighted by Gasteiger charge is 2.55. The molecule has 1 heterocycles. The lowest BCUT2D eigenvalue weighted by atomic mass is 9.80. The molecule has 1 fully saturated rings. The van der Waals surface area contributed by atoms with Gasteiger partial charge in [0.25, 0.3) is 5.69 Å². The van der Waals surface area contributed by atoms with Crippen LogP contribution >= 0.6 is 0 Å². The van der Waals surface area contributed by atoms with Crippen molar-refractivity contribution in [1.82, 2.24) is 4.90 Å². The number of β-lactam (4-membered cyclic amide) rings is 1. The molecule has 0 aromatic heterocycles. The van der Waals surface area contributed by atoms with Crippen molar-refractivity contribution in [2.45, 2.75) is 31.7 Å². The molecule has 0 radical (unpaired) electrons.